The molecule has 2 atom stereocenters. The number of aliphatic hydroxyl groups is 1. The summed E-state index contributed by atoms with van der Waals surface area (Å²) >= 11 is 7.76. The van der Waals surface area contributed by atoms with Gasteiger partial charge in [0.25, 0.3) is 0 Å². The Hall–Kier alpha value is -0.0900. The third-order valence-electron chi connectivity index (χ3n) is 3.23. The van der Waals surface area contributed by atoms with Crippen LogP contribution in [0.3, 0.4) is 0 Å². The first-order chi connectivity index (χ1) is 7.74. The highest BCUT2D eigenvalue weighted by atomic mass is 35.5. The van der Waals surface area contributed by atoms with Gasteiger partial charge in [-0.3, -0.25) is 0 Å². The van der Waals surface area contributed by atoms with Crippen LogP contribution in [0.4, 0.5) is 0 Å². The lowest BCUT2D eigenvalue weighted by atomic mass is 9.93. The van der Waals surface area contributed by atoms with Gasteiger partial charge in [0.05, 0.1) is 10.9 Å². The third kappa shape index (κ3) is 2.59. The molecule has 1 aliphatic carbocycles. The molecule has 2 rings (SSSR count). The monoisotopic (exact) mass is 259 g/mol. The molecule has 1 aromatic rings. The number of fused-ring (bicyclic) bond motifs is 1. The normalized spacial score (nSPS) is 21.8. The summed E-state index contributed by atoms with van der Waals surface area (Å²) in [4.78, 5) is 1.42. The fourth-order valence-electron chi connectivity index (χ4n) is 2.28. The Morgan fingerprint density at radius 3 is 3.19 bits per heavy atom. The standard InChI is InChI=1S/C12H18ClNOS/c1-2-8(7-15)14-10-4-3-5-11-9(10)6-12(13)16-11/h6,8,10,14-15H,2-5,7H2,1H3. The van der Waals surface area contributed by atoms with Gasteiger partial charge in [-0.05, 0) is 37.3 Å². The van der Waals surface area contributed by atoms with Crippen molar-refractivity contribution in [3.8, 4) is 0 Å². The second-order valence-corrected chi connectivity index (χ2v) is 6.10. The molecular formula is C12H18ClNOS. The van der Waals surface area contributed by atoms with Gasteiger partial charge < -0.3 is 10.4 Å². The van der Waals surface area contributed by atoms with Crippen LogP contribution in [0.15, 0.2) is 6.07 Å². The van der Waals surface area contributed by atoms with Crippen LogP contribution in [-0.4, -0.2) is 17.8 Å². The van der Waals surface area contributed by atoms with E-state index in [9.17, 15) is 5.11 Å². The Labute approximate surface area is 106 Å². The minimum atomic E-state index is 0.203. The van der Waals surface area contributed by atoms with Crippen LogP contribution in [0.1, 0.15) is 42.7 Å². The lowest BCUT2D eigenvalue weighted by Gasteiger charge is -2.27. The smallest absolute Gasteiger partial charge is 0.0934 e. The van der Waals surface area contributed by atoms with E-state index in [-0.39, 0.29) is 12.6 Å². The highest BCUT2D eigenvalue weighted by Gasteiger charge is 2.24. The number of aliphatic hydroxyl groups excluding tert-OH is 1. The first-order valence-electron chi connectivity index (χ1n) is 5.89. The van der Waals surface area contributed by atoms with E-state index in [2.05, 4.69) is 18.3 Å². The lowest BCUT2D eigenvalue weighted by molar-refractivity contribution is 0.223. The molecule has 2 nitrogen and oxygen atoms in total. The number of hydrogen-bond acceptors (Lipinski definition) is 3. The summed E-state index contributed by atoms with van der Waals surface area (Å²) in [5.74, 6) is 0. The van der Waals surface area contributed by atoms with Crippen LogP contribution in [0.25, 0.3) is 0 Å². The van der Waals surface area contributed by atoms with Gasteiger partial charge in [-0.15, -0.1) is 11.3 Å². The zero-order valence-corrected chi connectivity index (χ0v) is 11.1. The second-order valence-electron chi connectivity index (χ2n) is 4.33. The van der Waals surface area contributed by atoms with Crippen molar-refractivity contribution in [2.24, 2.45) is 0 Å². The molecule has 0 bridgehead atoms. The maximum Gasteiger partial charge on any atom is 0.0934 e. The van der Waals surface area contributed by atoms with Crippen molar-refractivity contribution >= 4 is 22.9 Å². The molecule has 0 radical (unpaired) electrons. The highest BCUT2D eigenvalue weighted by Crippen LogP contribution is 2.37. The zero-order valence-electron chi connectivity index (χ0n) is 9.50. The molecule has 0 fully saturated rings. The quantitative estimate of drug-likeness (QED) is 0.871. The number of nitrogens with one attached hydrogen (secondary N) is 1. The van der Waals surface area contributed by atoms with Gasteiger partial charge in [0.15, 0.2) is 0 Å². The van der Waals surface area contributed by atoms with Crippen molar-refractivity contribution in [1.82, 2.24) is 5.32 Å². The predicted molar refractivity (Wildman–Crippen MR) is 69.3 cm³/mol. The molecule has 0 aromatic carbocycles. The molecule has 4 heteroatoms. The molecule has 1 aromatic heterocycles. The third-order valence-corrected chi connectivity index (χ3v) is 4.57. The summed E-state index contributed by atoms with van der Waals surface area (Å²) in [7, 11) is 0. The molecule has 2 N–H and O–H groups in total. The Bertz CT molecular complexity index is 349. The molecule has 0 spiro atoms. The van der Waals surface area contributed by atoms with E-state index in [1.54, 1.807) is 11.3 Å². The van der Waals surface area contributed by atoms with Crippen LogP contribution < -0.4 is 5.32 Å². The van der Waals surface area contributed by atoms with Crippen molar-refractivity contribution in [1.29, 1.82) is 0 Å². The van der Waals surface area contributed by atoms with Gasteiger partial charge in [0.1, 0.15) is 0 Å². The molecule has 90 valence electrons. The zero-order chi connectivity index (χ0) is 11.5. The number of rotatable bonds is 4. The summed E-state index contributed by atoms with van der Waals surface area (Å²) < 4.78 is 0.885. The van der Waals surface area contributed by atoms with E-state index in [4.69, 9.17) is 11.6 Å². The Morgan fingerprint density at radius 1 is 1.69 bits per heavy atom. The predicted octanol–water partition coefficient (Wildman–Crippen LogP) is 3.14. The molecule has 2 unspecified atom stereocenters. The van der Waals surface area contributed by atoms with Gasteiger partial charge in [-0.2, -0.15) is 0 Å². The first-order valence-corrected chi connectivity index (χ1v) is 7.09. The molecule has 1 heterocycles. The minimum absolute atomic E-state index is 0.203. The van der Waals surface area contributed by atoms with E-state index in [1.165, 1.54) is 16.9 Å². The van der Waals surface area contributed by atoms with Crippen molar-refractivity contribution in [3.63, 3.8) is 0 Å². The molecule has 0 saturated heterocycles. The van der Waals surface area contributed by atoms with Gasteiger partial charge in [-0.1, -0.05) is 18.5 Å². The van der Waals surface area contributed by atoms with Gasteiger partial charge >= 0.3 is 0 Å². The van der Waals surface area contributed by atoms with Crippen LogP contribution in [-0.2, 0) is 6.42 Å². The van der Waals surface area contributed by atoms with Crippen LogP contribution >= 0.6 is 22.9 Å². The van der Waals surface area contributed by atoms with E-state index in [0.717, 1.165) is 23.6 Å². The van der Waals surface area contributed by atoms with E-state index < -0.39 is 0 Å². The van der Waals surface area contributed by atoms with Crippen molar-refractivity contribution in [2.75, 3.05) is 6.61 Å². The summed E-state index contributed by atoms with van der Waals surface area (Å²) in [5, 5.41) is 12.7. The number of hydrogen-bond donors (Lipinski definition) is 2. The van der Waals surface area contributed by atoms with Crippen molar-refractivity contribution in [2.45, 2.75) is 44.7 Å². The summed E-state index contributed by atoms with van der Waals surface area (Å²) in [6.07, 6.45) is 4.47. The molecule has 16 heavy (non-hydrogen) atoms. The van der Waals surface area contributed by atoms with Crippen LogP contribution in [0.5, 0.6) is 0 Å². The number of thiophene rings is 1. The topological polar surface area (TPSA) is 32.3 Å². The van der Waals surface area contributed by atoms with Crippen LogP contribution in [0, 0.1) is 0 Å². The van der Waals surface area contributed by atoms with Crippen LogP contribution in [0.2, 0.25) is 4.34 Å². The molecule has 1 aliphatic rings. The molecule has 0 amide bonds. The summed E-state index contributed by atoms with van der Waals surface area (Å²) in [6, 6.07) is 2.67. The maximum absolute atomic E-state index is 9.22. The van der Waals surface area contributed by atoms with E-state index in [1.807, 2.05) is 0 Å². The number of halogens is 1. The molecule has 0 saturated carbocycles. The minimum Gasteiger partial charge on any atom is -0.395 e. The fraction of sp³-hybridized carbons (Fsp3) is 0.667. The molecule has 0 aliphatic heterocycles. The fourth-order valence-corrected chi connectivity index (χ4v) is 3.66. The lowest BCUT2D eigenvalue weighted by Crippen LogP contribution is -2.36. The highest BCUT2D eigenvalue weighted by molar-refractivity contribution is 7.16. The Kier molecular flexibility index (Phi) is 4.25. The Morgan fingerprint density at radius 2 is 2.50 bits per heavy atom. The van der Waals surface area contributed by atoms with Gasteiger partial charge in [0, 0.05) is 17.0 Å². The van der Waals surface area contributed by atoms with E-state index in [0.29, 0.717) is 6.04 Å². The first kappa shape index (κ1) is 12.4. The maximum atomic E-state index is 9.22. The average Bonchev–Trinajstić information content (AvgIpc) is 2.67. The largest absolute Gasteiger partial charge is 0.395 e. The van der Waals surface area contributed by atoms with Crippen molar-refractivity contribution in [3.05, 3.63) is 20.8 Å². The second kappa shape index (κ2) is 5.50. The average molecular weight is 260 g/mol. The summed E-state index contributed by atoms with van der Waals surface area (Å²) in [5.41, 5.74) is 1.35. The van der Waals surface area contributed by atoms with Gasteiger partial charge in [0.2, 0.25) is 0 Å². The number of aryl methyl sites for hydroxylation is 1. The Balaban J connectivity index is 2.12. The SMILES string of the molecule is CCC(CO)NC1CCCc2sc(Cl)cc21. The van der Waals surface area contributed by atoms with E-state index >= 15 is 0 Å². The van der Waals surface area contributed by atoms with Crippen molar-refractivity contribution < 1.29 is 5.11 Å². The van der Waals surface area contributed by atoms with Gasteiger partial charge in [-0.25, -0.2) is 0 Å². The summed E-state index contributed by atoms with van der Waals surface area (Å²) in [6.45, 7) is 2.30. The molecular weight excluding hydrogens is 242 g/mol.